The summed E-state index contributed by atoms with van der Waals surface area (Å²) in [4.78, 5) is 64.9. The Morgan fingerprint density at radius 1 is 0.530 bits per heavy atom. The predicted octanol–water partition coefficient (Wildman–Crippen LogP) is 18.8. The van der Waals surface area contributed by atoms with Crippen molar-refractivity contribution in [3.63, 3.8) is 0 Å². The number of hydrogen-bond acceptors (Lipinski definition) is 17. The van der Waals surface area contributed by atoms with E-state index in [0.717, 1.165) is 81.0 Å². The molecule has 9 saturated carbocycles. The summed E-state index contributed by atoms with van der Waals surface area (Å²) in [6.07, 6.45) is -17.5. The average molecular weight is 1710 g/mol. The van der Waals surface area contributed by atoms with Gasteiger partial charge in [-0.3, -0.25) is 24.0 Å². The first-order valence-corrected chi connectivity index (χ1v) is 43.6. The van der Waals surface area contributed by atoms with Crippen molar-refractivity contribution >= 4 is 50.9 Å². The molecule has 3 N–H and O–H groups in total. The Kier molecular flexibility index (Phi) is 28.2. The van der Waals surface area contributed by atoms with Crippen molar-refractivity contribution in [3.8, 4) is 0 Å². The van der Waals surface area contributed by atoms with E-state index in [0.29, 0.717) is 54.8 Å². The molecule has 14 atom stereocenters. The normalized spacial score (nSPS) is 30.7. The summed E-state index contributed by atoms with van der Waals surface area (Å²) < 4.78 is 220. The van der Waals surface area contributed by atoms with Crippen molar-refractivity contribution in [1.29, 1.82) is 0 Å². The van der Waals surface area contributed by atoms with E-state index >= 15 is 0 Å². The average Bonchev–Trinajstić information content (AvgIpc) is 1.60. The molecule has 3 aromatic carbocycles. The molecule has 14 unspecified atom stereocenters. The Labute approximate surface area is 680 Å². The van der Waals surface area contributed by atoms with Crippen molar-refractivity contribution in [1.82, 2.24) is 0 Å². The van der Waals surface area contributed by atoms with Gasteiger partial charge in [-0.05, 0) is 255 Å². The lowest BCUT2D eigenvalue weighted by molar-refractivity contribution is -0.405. The maximum Gasteiger partial charge on any atom is 0.426 e. The number of ether oxygens (including phenoxy) is 6. The maximum absolute atomic E-state index is 13.3. The van der Waals surface area contributed by atoms with E-state index in [4.69, 9.17) is 41.4 Å². The predicted molar refractivity (Wildman–Crippen MR) is 406 cm³/mol. The van der Waals surface area contributed by atoms with Crippen LogP contribution in [0, 0.1) is 86.8 Å². The van der Waals surface area contributed by atoms with Gasteiger partial charge in [0.25, 0.3) is 11.2 Å². The number of alkyl halides is 12. The molecule has 0 spiro atoms. The molecule has 656 valence electrons. The van der Waals surface area contributed by atoms with Gasteiger partial charge in [0.15, 0.2) is 26.2 Å². The molecule has 31 heteroatoms. The highest BCUT2D eigenvalue weighted by atomic mass is 32.2. The number of halogens is 12. The van der Waals surface area contributed by atoms with E-state index in [9.17, 15) is 92.0 Å². The second-order valence-electron chi connectivity index (χ2n) is 36.8. The lowest BCUT2D eigenvalue weighted by Crippen LogP contribution is -2.67. The smallest absolute Gasteiger partial charge is 0.426 e. The van der Waals surface area contributed by atoms with Crippen LogP contribution in [-0.4, -0.2) is 135 Å². The summed E-state index contributed by atoms with van der Waals surface area (Å²) in [5.74, 6) is -1.56. The summed E-state index contributed by atoms with van der Waals surface area (Å²) in [6, 6.07) is 32.2. The maximum atomic E-state index is 13.3. The van der Waals surface area contributed by atoms with Crippen LogP contribution in [0.5, 0.6) is 0 Å². The number of rotatable bonds is 18. The van der Waals surface area contributed by atoms with Gasteiger partial charge in [0.2, 0.25) is 0 Å². The third-order valence-corrected chi connectivity index (χ3v) is 29.5. The molecular weight excluding hydrogens is 1600 g/mol. The van der Waals surface area contributed by atoms with Crippen LogP contribution >= 0.6 is 0 Å². The third kappa shape index (κ3) is 20.0. The van der Waals surface area contributed by atoms with Gasteiger partial charge < -0.3 is 48.3 Å². The lowest BCUT2D eigenvalue weighted by atomic mass is 9.52. The van der Waals surface area contributed by atoms with Crippen molar-refractivity contribution < 1.29 is 133 Å². The highest BCUT2D eigenvalue weighted by Crippen LogP contribution is 2.71. The quantitative estimate of drug-likeness (QED) is 0.0267. The van der Waals surface area contributed by atoms with Gasteiger partial charge in [-0.2, -0.15) is 52.7 Å². The van der Waals surface area contributed by atoms with Crippen molar-refractivity contribution in [2.75, 3.05) is 6.26 Å². The number of benzene rings is 3. The molecular formula is C86H114F12O17S2. The minimum Gasteiger partial charge on any atom is -0.748 e. The standard InChI is InChI=1S/C20H32O2.C18H22F12O4.C18H15S.C16H26O3.C13H16O5.CH4O3S/c1-5-19(3,4)18(21)22-20(6-2)11-14-10-15(20)17-13-8-7-12(9-13)16(14)17;1-4-12(2,3)11(31)34-10-6-8(13(32,15(19,20)21)16(22,23)24)5-9(7-10)14(33,17(25,26)27)18(28,29)30;1-4-10-16(11-5-1)19(17-12-6-2-7-13-17)18-14-8-3-9-15-18;1-4-14(2,3)13(17)19-16-8-11-5-12(9-16)7-15(18,6-11)10-16;1-4-13(2,3)12(15)18-9-7-5-6-8(16-7)10(9)17-11(6)14;1-5(2,3)4/h12-17H,5-11H2,1-4H3;8-10,32-33H,4-7H2,1-3H3;1-15H;11-12,18H,4-10H2,1-3H3;6-8H,4-5H2,1-3H3;1H3,(H,2,3,4)/q;;+1;;;/p-1. The zero-order valence-electron chi connectivity index (χ0n) is 68.8. The molecule has 3 heterocycles. The molecule has 117 heavy (non-hydrogen) atoms. The molecule has 10 bridgehead atoms. The highest BCUT2D eigenvalue weighted by molar-refractivity contribution is 7.97. The van der Waals surface area contributed by atoms with Crippen molar-refractivity contribution in [2.24, 2.45) is 86.8 Å². The van der Waals surface area contributed by atoms with E-state index in [1.807, 2.05) is 55.4 Å². The summed E-state index contributed by atoms with van der Waals surface area (Å²) in [7, 11) is -3.93. The summed E-state index contributed by atoms with van der Waals surface area (Å²) in [6.45, 7) is 23.7. The number of aliphatic hydroxyl groups is 3. The van der Waals surface area contributed by atoms with Gasteiger partial charge in [-0.1, -0.05) is 89.2 Å². The first-order valence-electron chi connectivity index (χ1n) is 40.6. The minimum atomic E-state index is -6.58. The minimum absolute atomic E-state index is 0.0146. The molecule has 12 aliphatic rings. The van der Waals surface area contributed by atoms with E-state index < -0.39 is 111 Å². The van der Waals surface area contributed by atoms with Crippen LogP contribution < -0.4 is 0 Å². The number of fused-ring (bicyclic) bond motifs is 10. The zero-order chi connectivity index (χ0) is 87.4. The molecule has 15 rings (SSSR count). The number of carbonyl (C=O) groups excluding carboxylic acids is 5. The van der Waals surface area contributed by atoms with Crippen LogP contribution in [0.25, 0.3) is 0 Å². The van der Waals surface area contributed by atoms with Crippen LogP contribution in [-0.2, 0) is 73.4 Å². The van der Waals surface area contributed by atoms with Crippen LogP contribution in [0.1, 0.15) is 218 Å². The van der Waals surface area contributed by atoms with Gasteiger partial charge in [-0.15, -0.1) is 0 Å². The Morgan fingerprint density at radius 2 is 0.932 bits per heavy atom. The van der Waals surface area contributed by atoms with Gasteiger partial charge in [-0.25, -0.2) is 8.42 Å². The third-order valence-electron chi connectivity index (χ3n) is 27.3. The van der Waals surface area contributed by atoms with E-state index in [2.05, 4.69) is 105 Å². The molecule has 9 aliphatic carbocycles. The molecule has 2 saturated heterocycles. The number of carbonyl (C=O) groups is 5. The molecule has 3 aliphatic heterocycles. The number of hydrogen-bond donors (Lipinski definition) is 3. The molecule has 17 nitrogen and oxygen atoms in total. The fourth-order valence-corrected chi connectivity index (χ4v) is 21.8. The Bertz CT molecular complexity index is 3940. The monoisotopic (exact) mass is 1710 g/mol. The van der Waals surface area contributed by atoms with Gasteiger partial charge in [0.05, 0.1) is 54.2 Å². The Balaban J connectivity index is 0.000000167. The molecule has 0 radical (unpaired) electrons. The van der Waals surface area contributed by atoms with Gasteiger partial charge in [0, 0.05) is 30.4 Å². The lowest BCUT2D eigenvalue weighted by Gasteiger charge is -2.59. The molecule has 0 aromatic heterocycles. The zero-order valence-corrected chi connectivity index (χ0v) is 70.4. The van der Waals surface area contributed by atoms with Gasteiger partial charge >= 0.3 is 54.6 Å². The topological polar surface area (TPSA) is 259 Å². The van der Waals surface area contributed by atoms with Crippen molar-refractivity contribution in [3.05, 3.63) is 103 Å². The fourth-order valence-electron chi connectivity index (χ4n) is 19.7. The summed E-state index contributed by atoms with van der Waals surface area (Å²) in [5, 5.41) is 29.9. The van der Waals surface area contributed by atoms with Gasteiger partial charge in [0.1, 0.15) is 29.5 Å². The van der Waals surface area contributed by atoms with Crippen molar-refractivity contribution in [2.45, 2.75) is 304 Å². The van der Waals surface area contributed by atoms with E-state index in [1.165, 1.54) is 67.6 Å². The molecule has 11 fully saturated rings. The van der Waals surface area contributed by atoms with Crippen LogP contribution in [0.15, 0.2) is 117 Å². The van der Waals surface area contributed by atoms with Crippen LogP contribution in [0.2, 0.25) is 0 Å². The summed E-state index contributed by atoms with van der Waals surface area (Å²) in [5.41, 5.74) is -15.3. The fraction of sp³-hybridized carbons (Fsp3) is 0.709. The second-order valence-corrected chi connectivity index (χ2v) is 40.3. The molecule has 0 amide bonds. The van der Waals surface area contributed by atoms with E-state index in [-0.39, 0.29) is 75.9 Å². The first kappa shape index (κ1) is 94.9. The second kappa shape index (κ2) is 34.7. The van der Waals surface area contributed by atoms with Crippen LogP contribution in [0.4, 0.5) is 52.7 Å². The van der Waals surface area contributed by atoms with E-state index in [1.54, 1.807) is 0 Å². The SMILES string of the molecule is CCC(C)(C)C(=O)OC1(CC)CC2CC1C1C3CCC(C3)C21.CCC(C)(C)C(=O)OC12CC3CC(CC(O)(C3)C1)C2.CCC(C)(C)C(=O)OC1=C2OC(=O)C3CC1OC23.CCC(C)(C)C(=O)OC1CC(C(O)(C(F)(F)F)C(F)(F)F)CC(C(O)(C(F)(F)F)C(F)(F)F)C1.CS(=O)(=O)[O-].c1ccc([S+](c2ccccc2)c2ccccc2)cc1. The highest BCUT2D eigenvalue weighted by Gasteiger charge is 2.79. The largest absolute Gasteiger partial charge is 0.748 e. The summed E-state index contributed by atoms with van der Waals surface area (Å²) >= 11 is 0. The molecule has 3 aromatic rings. The number of esters is 5. The first-order chi connectivity index (χ1) is 53.8. The van der Waals surface area contributed by atoms with Crippen LogP contribution in [0.3, 0.4) is 0 Å². The Morgan fingerprint density at radius 3 is 1.33 bits per heavy atom. The Hall–Kier alpha value is -5.99.